The lowest BCUT2D eigenvalue weighted by atomic mass is 10.1. The Bertz CT molecular complexity index is 980. The molecule has 4 rings (SSSR count). The highest BCUT2D eigenvalue weighted by Gasteiger charge is 2.19. The maximum atomic E-state index is 12.4. The summed E-state index contributed by atoms with van der Waals surface area (Å²) in [5, 5.41) is 7.33. The first-order valence-electron chi connectivity index (χ1n) is 9.93. The van der Waals surface area contributed by atoms with Crippen molar-refractivity contribution in [1.82, 2.24) is 20.0 Å². The van der Waals surface area contributed by atoms with Crippen molar-refractivity contribution in [2.45, 2.75) is 25.8 Å². The van der Waals surface area contributed by atoms with Gasteiger partial charge in [-0.1, -0.05) is 30.3 Å². The molecule has 0 aliphatic carbocycles. The normalized spacial score (nSPS) is 13.7. The van der Waals surface area contributed by atoms with Gasteiger partial charge in [-0.3, -0.25) is 9.59 Å². The van der Waals surface area contributed by atoms with Crippen molar-refractivity contribution in [3.8, 4) is 5.69 Å². The number of benzene rings is 2. The molecule has 1 aliphatic heterocycles. The Morgan fingerprint density at radius 2 is 1.83 bits per heavy atom. The largest absolute Gasteiger partial charge is 0.352 e. The van der Waals surface area contributed by atoms with Crippen LogP contribution in [0, 0.1) is 0 Å². The number of carbonyl (C=O) groups excluding carboxylic acids is 2. The van der Waals surface area contributed by atoms with Crippen molar-refractivity contribution >= 4 is 11.8 Å². The van der Waals surface area contributed by atoms with E-state index in [1.54, 1.807) is 0 Å². The molecule has 148 valence electrons. The summed E-state index contributed by atoms with van der Waals surface area (Å²) < 4.78 is 1.83. The van der Waals surface area contributed by atoms with Crippen LogP contribution in [0.3, 0.4) is 0 Å². The van der Waals surface area contributed by atoms with Gasteiger partial charge in [0.25, 0.3) is 5.91 Å². The number of carbonyl (C=O) groups is 2. The Balaban J connectivity index is 1.26. The summed E-state index contributed by atoms with van der Waals surface area (Å²) in [4.78, 5) is 26.0. The molecule has 1 fully saturated rings. The molecule has 1 aromatic heterocycles. The van der Waals surface area contributed by atoms with Crippen LogP contribution in [0.5, 0.6) is 0 Å². The molecule has 2 heterocycles. The molecule has 0 unspecified atom stereocenters. The summed E-state index contributed by atoms with van der Waals surface area (Å²) in [7, 11) is 0. The van der Waals surface area contributed by atoms with E-state index in [-0.39, 0.29) is 11.8 Å². The van der Waals surface area contributed by atoms with Crippen molar-refractivity contribution in [1.29, 1.82) is 0 Å². The average molecular weight is 388 g/mol. The lowest BCUT2D eigenvalue weighted by Crippen LogP contribution is -2.26. The predicted molar refractivity (Wildman–Crippen MR) is 111 cm³/mol. The molecule has 1 aliphatic rings. The van der Waals surface area contributed by atoms with Crippen LogP contribution in [0.1, 0.15) is 34.3 Å². The summed E-state index contributed by atoms with van der Waals surface area (Å²) in [6.07, 6.45) is 6.10. The highest BCUT2D eigenvalue weighted by molar-refractivity contribution is 5.94. The van der Waals surface area contributed by atoms with E-state index in [1.807, 2.05) is 76.6 Å². The summed E-state index contributed by atoms with van der Waals surface area (Å²) in [5.41, 5.74) is 3.75. The zero-order chi connectivity index (χ0) is 20.1. The number of aromatic nitrogens is 2. The molecular formula is C23H24N4O2. The first kappa shape index (κ1) is 18.9. The molecule has 2 aromatic carbocycles. The number of hydrogen-bond acceptors (Lipinski definition) is 3. The molecule has 0 radical (unpaired) electrons. The van der Waals surface area contributed by atoms with E-state index < -0.39 is 0 Å². The van der Waals surface area contributed by atoms with Gasteiger partial charge in [0.05, 0.1) is 11.9 Å². The van der Waals surface area contributed by atoms with Crippen molar-refractivity contribution in [2.24, 2.45) is 0 Å². The monoisotopic (exact) mass is 388 g/mol. The minimum atomic E-state index is -0.0933. The van der Waals surface area contributed by atoms with Gasteiger partial charge in [-0.25, -0.2) is 4.68 Å². The lowest BCUT2D eigenvalue weighted by Gasteiger charge is -2.15. The van der Waals surface area contributed by atoms with Gasteiger partial charge in [-0.05, 0) is 48.2 Å². The topological polar surface area (TPSA) is 67.2 Å². The second kappa shape index (κ2) is 8.73. The third-order valence-corrected chi connectivity index (χ3v) is 5.12. The molecule has 6 nitrogen and oxygen atoms in total. The smallest absolute Gasteiger partial charge is 0.251 e. The van der Waals surface area contributed by atoms with Crippen LogP contribution in [-0.2, 0) is 17.8 Å². The fraction of sp³-hybridized carbons (Fsp3) is 0.261. The maximum absolute atomic E-state index is 12.4. The van der Waals surface area contributed by atoms with Crippen molar-refractivity contribution in [3.05, 3.63) is 83.7 Å². The Labute approximate surface area is 170 Å². The molecule has 0 saturated carbocycles. The first-order valence-corrected chi connectivity index (χ1v) is 9.93. The third kappa shape index (κ3) is 4.71. The van der Waals surface area contributed by atoms with Crippen LogP contribution >= 0.6 is 0 Å². The number of hydrogen-bond donors (Lipinski definition) is 1. The van der Waals surface area contributed by atoms with E-state index in [4.69, 9.17) is 0 Å². The van der Waals surface area contributed by atoms with Crippen LogP contribution in [0.25, 0.3) is 5.69 Å². The van der Waals surface area contributed by atoms with Crippen LogP contribution < -0.4 is 5.32 Å². The van der Waals surface area contributed by atoms with Crippen LogP contribution in [0.2, 0.25) is 0 Å². The third-order valence-electron chi connectivity index (χ3n) is 5.12. The van der Waals surface area contributed by atoms with Crippen molar-refractivity contribution in [2.75, 3.05) is 13.1 Å². The number of amides is 2. The summed E-state index contributed by atoms with van der Waals surface area (Å²) in [6.45, 7) is 1.98. The van der Waals surface area contributed by atoms with Gasteiger partial charge >= 0.3 is 0 Å². The van der Waals surface area contributed by atoms with Crippen LogP contribution in [0.15, 0.2) is 67.0 Å². The number of para-hydroxylation sites is 1. The Hall–Kier alpha value is -3.41. The summed E-state index contributed by atoms with van der Waals surface area (Å²) >= 11 is 0. The predicted octanol–water partition coefficient (Wildman–Crippen LogP) is 2.97. The highest BCUT2D eigenvalue weighted by Crippen LogP contribution is 2.15. The number of nitrogens with one attached hydrogen (secondary N) is 1. The number of rotatable bonds is 7. The Kier molecular flexibility index (Phi) is 5.70. The Morgan fingerprint density at radius 1 is 1.03 bits per heavy atom. The summed E-state index contributed by atoms with van der Waals surface area (Å²) in [5.74, 6) is 0.117. The molecule has 2 amide bonds. The molecule has 1 saturated heterocycles. The second-order valence-electron chi connectivity index (χ2n) is 7.25. The molecule has 0 spiro atoms. The van der Waals surface area contributed by atoms with Gasteiger partial charge in [-0.2, -0.15) is 5.10 Å². The van der Waals surface area contributed by atoms with E-state index in [2.05, 4.69) is 10.4 Å². The fourth-order valence-corrected chi connectivity index (χ4v) is 3.49. The summed E-state index contributed by atoms with van der Waals surface area (Å²) in [6, 6.07) is 17.4. The highest BCUT2D eigenvalue weighted by atomic mass is 16.2. The quantitative estimate of drug-likeness (QED) is 0.677. The minimum Gasteiger partial charge on any atom is -0.352 e. The van der Waals surface area contributed by atoms with E-state index in [0.29, 0.717) is 31.5 Å². The first-order chi connectivity index (χ1) is 14.2. The van der Waals surface area contributed by atoms with Gasteiger partial charge in [0.1, 0.15) is 0 Å². The second-order valence-corrected chi connectivity index (χ2v) is 7.25. The molecule has 0 bridgehead atoms. The lowest BCUT2D eigenvalue weighted by molar-refractivity contribution is -0.128. The Morgan fingerprint density at radius 3 is 2.55 bits per heavy atom. The van der Waals surface area contributed by atoms with Gasteiger partial charge < -0.3 is 10.2 Å². The standard InChI is InChI=1S/C23H24N4O2/c28-22-7-4-14-26(22)16-18-8-10-20(11-9-18)23(29)24-13-12-19-15-25-27(17-19)21-5-2-1-3-6-21/h1-3,5-6,8-11,15,17H,4,7,12-14,16H2,(H,24,29). The maximum Gasteiger partial charge on any atom is 0.251 e. The number of nitrogens with zero attached hydrogens (tertiary/aromatic N) is 3. The zero-order valence-corrected chi connectivity index (χ0v) is 16.3. The van der Waals surface area contributed by atoms with Crippen LogP contribution in [0.4, 0.5) is 0 Å². The van der Waals surface area contributed by atoms with Gasteiger partial charge in [0, 0.05) is 37.8 Å². The van der Waals surface area contributed by atoms with Gasteiger partial charge in [0.2, 0.25) is 5.91 Å². The van der Waals surface area contributed by atoms with Gasteiger partial charge in [0.15, 0.2) is 0 Å². The molecule has 3 aromatic rings. The average Bonchev–Trinajstić information content (AvgIpc) is 3.38. The SMILES string of the molecule is O=C(NCCc1cnn(-c2ccccc2)c1)c1ccc(CN2CCCC2=O)cc1. The van der Waals surface area contributed by atoms with E-state index >= 15 is 0 Å². The minimum absolute atomic E-state index is 0.0933. The fourth-order valence-electron chi connectivity index (χ4n) is 3.49. The molecule has 6 heteroatoms. The molecule has 29 heavy (non-hydrogen) atoms. The van der Waals surface area contributed by atoms with E-state index in [9.17, 15) is 9.59 Å². The number of likely N-dealkylation sites (tertiary alicyclic amines) is 1. The van der Waals surface area contributed by atoms with Crippen LogP contribution in [-0.4, -0.2) is 39.6 Å². The van der Waals surface area contributed by atoms with Crippen molar-refractivity contribution in [3.63, 3.8) is 0 Å². The van der Waals surface area contributed by atoms with Crippen molar-refractivity contribution < 1.29 is 9.59 Å². The van der Waals surface area contributed by atoms with E-state index in [1.165, 1.54) is 0 Å². The molecule has 1 N–H and O–H groups in total. The molecule has 0 atom stereocenters. The van der Waals surface area contributed by atoms with E-state index in [0.717, 1.165) is 29.8 Å². The zero-order valence-electron chi connectivity index (χ0n) is 16.3. The molecular weight excluding hydrogens is 364 g/mol. The van der Waals surface area contributed by atoms with Gasteiger partial charge in [-0.15, -0.1) is 0 Å².